The molecule has 1 aliphatic rings. The minimum absolute atomic E-state index is 0.0176. The highest BCUT2D eigenvalue weighted by molar-refractivity contribution is 5.98. The Morgan fingerprint density at radius 2 is 2.00 bits per heavy atom. The van der Waals surface area contributed by atoms with Crippen LogP contribution in [0.5, 0.6) is 0 Å². The van der Waals surface area contributed by atoms with Crippen molar-refractivity contribution in [1.29, 1.82) is 0 Å². The summed E-state index contributed by atoms with van der Waals surface area (Å²) in [4.78, 5) is 25.7. The number of hydrogen-bond acceptors (Lipinski definition) is 2. The van der Waals surface area contributed by atoms with Crippen molar-refractivity contribution in [3.05, 3.63) is 59.2 Å². The molecule has 1 saturated carbocycles. The number of halogens is 1. The number of aromatic nitrogens is 1. The number of aromatic amines is 1. The minimum atomic E-state index is -0.609. The Balaban J connectivity index is 1.56. The SMILES string of the molecule is NC(=O)c1cc(C(=O)NC2CC(c3ccccc3F)C2)c[nH]1. The van der Waals surface area contributed by atoms with Crippen molar-refractivity contribution in [2.24, 2.45) is 5.73 Å². The third-order valence-corrected chi connectivity index (χ3v) is 4.03. The molecule has 1 heterocycles. The lowest BCUT2D eigenvalue weighted by molar-refractivity contribution is 0.0908. The van der Waals surface area contributed by atoms with E-state index in [4.69, 9.17) is 5.73 Å². The van der Waals surface area contributed by atoms with Crippen LogP contribution < -0.4 is 11.1 Å². The Hall–Kier alpha value is -2.63. The molecule has 114 valence electrons. The molecular formula is C16H16FN3O2. The van der Waals surface area contributed by atoms with Crippen molar-refractivity contribution < 1.29 is 14.0 Å². The van der Waals surface area contributed by atoms with Crippen molar-refractivity contribution in [3.63, 3.8) is 0 Å². The molecule has 0 atom stereocenters. The van der Waals surface area contributed by atoms with Crippen LogP contribution in [0, 0.1) is 5.82 Å². The maximum Gasteiger partial charge on any atom is 0.265 e. The second-order valence-corrected chi connectivity index (χ2v) is 5.53. The predicted octanol–water partition coefficient (Wildman–Crippen LogP) is 1.93. The fourth-order valence-electron chi connectivity index (χ4n) is 2.73. The molecule has 0 spiro atoms. The number of carbonyl (C=O) groups excluding carboxylic acids is 2. The third kappa shape index (κ3) is 2.72. The highest BCUT2D eigenvalue weighted by Gasteiger charge is 2.33. The van der Waals surface area contributed by atoms with Crippen LogP contribution in [-0.4, -0.2) is 22.8 Å². The van der Waals surface area contributed by atoms with E-state index >= 15 is 0 Å². The summed E-state index contributed by atoms with van der Waals surface area (Å²) in [6.07, 6.45) is 2.86. The number of hydrogen-bond donors (Lipinski definition) is 3. The number of nitrogens with one attached hydrogen (secondary N) is 2. The van der Waals surface area contributed by atoms with Gasteiger partial charge in [0.15, 0.2) is 0 Å². The largest absolute Gasteiger partial charge is 0.364 e. The second-order valence-electron chi connectivity index (χ2n) is 5.53. The zero-order chi connectivity index (χ0) is 15.7. The normalized spacial score (nSPS) is 20.2. The Morgan fingerprint density at radius 3 is 2.64 bits per heavy atom. The van der Waals surface area contributed by atoms with E-state index in [1.54, 1.807) is 12.1 Å². The first kappa shape index (κ1) is 14.3. The topological polar surface area (TPSA) is 88.0 Å². The average molecular weight is 301 g/mol. The van der Waals surface area contributed by atoms with E-state index in [-0.39, 0.29) is 29.4 Å². The second kappa shape index (κ2) is 5.63. The maximum atomic E-state index is 13.7. The van der Waals surface area contributed by atoms with E-state index in [1.165, 1.54) is 18.3 Å². The van der Waals surface area contributed by atoms with Gasteiger partial charge >= 0.3 is 0 Å². The molecule has 22 heavy (non-hydrogen) atoms. The van der Waals surface area contributed by atoms with Crippen LogP contribution >= 0.6 is 0 Å². The molecule has 5 nitrogen and oxygen atoms in total. The van der Waals surface area contributed by atoms with Crippen LogP contribution in [0.3, 0.4) is 0 Å². The highest BCUT2D eigenvalue weighted by Crippen LogP contribution is 2.38. The molecule has 0 unspecified atom stereocenters. The number of primary amides is 1. The lowest BCUT2D eigenvalue weighted by atomic mass is 9.75. The molecule has 6 heteroatoms. The van der Waals surface area contributed by atoms with Crippen molar-refractivity contribution >= 4 is 11.8 Å². The van der Waals surface area contributed by atoms with Crippen LogP contribution in [0.1, 0.15) is 45.2 Å². The van der Waals surface area contributed by atoms with Gasteiger partial charge in [0.05, 0.1) is 5.56 Å². The van der Waals surface area contributed by atoms with Gasteiger partial charge in [-0.2, -0.15) is 0 Å². The lowest BCUT2D eigenvalue weighted by Gasteiger charge is -2.36. The Bertz CT molecular complexity index is 720. The number of carbonyl (C=O) groups is 2. The molecule has 0 radical (unpaired) electrons. The van der Waals surface area contributed by atoms with Crippen molar-refractivity contribution in [3.8, 4) is 0 Å². The summed E-state index contributed by atoms with van der Waals surface area (Å²) in [5.74, 6) is -0.934. The summed E-state index contributed by atoms with van der Waals surface area (Å²) in [5, 5.41) is 2.87. The van der Waals surface area contributed by atoms with Gasteiger partial charge in [-0.05, 0) is 36.5 Å². The van der Waals surface area contributed by atoms with Gasteiger partial charge in [-0.1, -0.05) is 18.2 Å². The lowest BCUT2D eigenvalue weighted by Crippen LogP contribution is -2.43. The van der Waals surface area contributed by atoms with Crippen molar-refractivity contribution in [2.75, 3.05) is 0 Å². The summed E-state index contributed by atoms with van der Waals surface area (Å²) < 4.78 is 13.7. The maximum absolute atomic E-state index is 13.7. The smallest absolute Gasteiger partial charge is 0.265 e. The number of amides is 2. The monoisotopic (exact) mass is 301 g/mol. The standard InChI is InChI=1S/C16H16FN3O2/c17-13-4-2-1-3-12(13)9-5-11(6-9)20-16(22)10-7-14(15(18)21)19-8-10/h1-4,7-9,11,19H,5-6H2,(H2,18,21)(H,20,22). The summed E-state index contributed by atoms with van der Waals surface area (Å²) >= 11 is 0. The number of benzene rings is 1. The molecule has 0 aliphatic heterocycles. The molecule has 1 fully saturated rings. The van der Waals surface area contributed by atoms with E-state index in [0.717, 1.165) is 0 Å². The van der Waals surface area contributed by atoms with E-state index in [0.29, 0.717) is 24.0 Å². The van der Waals surface area contributed by atoms with Crippen molar-refractivity contribution in [2.45, 2.75) is 24.8 Å². The molecule has 0 saturated heterocycles. The highest BCUT2D eigenvalue weighted by atomic mass is 19.1. The first-order chi connectivity index (χ1) is 10.5. The molecule has 3 rings (SSSR count). The van der Waals surface area contributed by atoms with Gasteiger partial charge in [0.1, 0.15) is 11.5 Å². The molecule has 1 aliphatic carbocycles. The summed E-state index contributed by atoms with van der Waals surface area (Å²) in [7, 11) is 0. The molecule has 1 aromatic heterocycles. The molecular weight excluding hydrogens is 285 g/mol. The van der Waals surface area contributed by atoms with Gasteiger partial charge in [0.25, 0.3) is 11.8 Å². The fraction of sp³-hybridized carbons (Fsp3) is 0.250. The van der Waals surface area contributed by atoms with Crippen LogP contribution in [0.2, 0.25) is 0 Å². The van der Waals surface area contributed by atoms with E-state index < -0.39 is 5.91 Å². The van der Waals surface area contributed by atoms with Gasteiger partial charge in [0.2, 0.25) is 0 Å². The fourth-order valence-corrected chi connectivity index (χ4v) is 2.73. The minimum Gasteiger partial charge on any atom is -0.364 e. The van der Waals surface area contributed by atoms with E-state index in [1.807, 2.05) is 6.07 Å². The Morgan fingerprint density at radius 1 is 1.27 bits per heavy atom. The van der Waals surface area contributed by atoms with Crippen LogP contribution in [0.15, 0.2) is 36.5 Å². The van der Waals surface area contributed by atoms with Crippen LogP contribution in [0.25, 0.3) is 0 Å². The average Bonchev–Trinajstić information content (AvgIpc) is 2.93. The molecule has 1 aromatic carbocycles. The van der Waals surface area contributed by atoms with Gasteiger partial charge in [-0.3, -0.25) is 9.59 Å². The number of rotatable bonds is 4. The third-order valence-electron chi connectivity index (χ3n) is 4.03. The molecule has 2 aromatic rings. The Kier molecular flexibility index (Phi) is 3.66. The first-order valence-corrected chi connectivity index (χ1v) is 7.08. The summed E-state index contributed by atoms with van der Waals surface area (Å²) in [6.45, 7) is 0. The van der Waals surface area contributed by atoms with Gasteiger partial charge in [-0.15, -0.1) is 0 Å². The van der Waals surface area contributed by atoms with Gasteiger partial charge < -0.3 is 16.0 Å². The van der Waals surface area contributed by atoms with Crippen LogP contribution in [-0.2, 0) is 0 Å². The van der Waals surface area contributed by atoms with E-state index in [2.05, 4.69) is 10.3 Å². The zero-order valence-electron chi connectivity index (χ0n) is 11.8. The predicted molar refractivity (Wildman–Crippen MR) is 78.9 cm³/mol. The van der Waals surface area contributed by atoms with Crippen molar-refractivity contribution in [1.82, 2.24) is 10.3 Å². The van der Waals surface area contributed by atoms with Gasteiger partial charge in [0, 0.05) is 12.2 Å². The summed E-state index contributed by atoms with van der Waals surface area (Å²) in [6, 6.07) is 8.15. The molecule has 2 amide bonds. The Labute approximate surface area is 126 Å². The first-order valence-electron chi connectivity index (χ1n) is 7.08. The summed E-state index contributed by atoms with van der Waals surface area (Å²) in [5.41, 5.74) is 6.39. The molecule has 0 bridgehead atoms. The number of H-pyrrole nitrogens is 1. The van der Waals surface area contributed by atoms with Crippen LogP contribution in [0.4, 0.5) is 4.39 Å². The van der Waals surface area contributed by atoms with Gasteiger partial charge in [-0.25, -0.2) is 4.39 Å². The quantitative estimate of drug-likeness (QED) is 0.805. The zero-order valence-corrected chi connectivity index (χ0v) is 11.8. The van der Waals surface area contributed by atoms with E-state index in [9.17, 15) is 14.0 Å². The number of nitrogens with two attached hydrogens (primary N) is 1. The molecule has 4 N–H and O–H groups in total.